The smallest absolute Gasteiger partial charge is 0.509 e. The van der Waals surface area contributed by atoms with Crippen molar-refractivity contribution >= 4 is 21.8 Å². The number of aryl methyl sites for hydroxylation is 2. The molecule has 7 rings (SSSR count). The molecule has 272 valence electrons. The molecule has 1 aliphatic carbocycles. The second-order valence-corrected chi connectivity index (χ2v) is 16.0. The SMILES string of the molecule is CCCCc1ccnc(-n2c3[c-]c(Oc4[c-]c(-n5nc(C)c(C6C(C)=CCC[C@@H]6C)c5C(C)(C)C)cc(C(C)C)c4)ccc3c3ccccc32)c1.[Pt+2]. The number of unbranched alkanes of at least 4 members (excludes halogenated alkanes) is 1. The minimum atomic E-state index is -0.134. The second kappa shape index (κ2) is 15.2. The predicted octanol–water partition coefficient (Wildman–Crippen LogP) is 12.3. The maximum atomic E-state index is 6.72. The summed E-state index contributed by atoms with van der Waals surface area (Å²) in [6, 6.07) is 28.7. The van der Waals surface area contributed by atoms with Gasteiger partial charge >= 0.3 is 21.1 Å². The Hall–Kier alpha value is -3.95. The number of hydrogen-bond donors (Lipinski definition) is 0. The van der Waals surface area contributed by atoms with Gasteiger partial charge in [0.25, 0.3) is 0 Å². The number of allylic oxidation sites excluding steroid dienone is 2. The standard InChI is InChI=1S/C46H52N4O.Pt/c1-10-11-17-33-22-23-47-42(24-33)49-40-19-13-12-18-38(40)39-21-20-36(28-41(39)49)51-37-26-34(29(2)3)25-35(27-37)50-45(46(7,8)9)44(32(6)48-50)43-30(4)15-14-16-31(43)5;/h12-13,15,18-26,29,31,43H,10-11,14,16-17H2,1-9H3;/q-2;+2/t31-,43?;/m0./s1. The average molecular weight is 872 g/mol. The summed E-state index contributed by atoms with van der Waals surface area (Å²) >= 11 is 0. The van der Waals surface area contributed by atoms with Crippen molar-refractivity contribution in [2.75, 3.05) is 0 Å². The van der Waals surface area contributed by atoms with Gasteiger partial charge in [0, 0.05) is 40.1 Å². The zero-order chi connectivity index (χ0) is 36.0. The number of nitrogens with zero attached hydrogens (tertiary/aromatic N) is 4. The molecule has 0 saturated carbocycles. The first-order valence-corrected chi connectivity index (χ1v) is 18.9. The molecule has 2 atom stereocenters. The van der Waals surface area contributed by atoms with Gasteiger partial charge in [-0.3, -0.25) is 4.68 Å². The average Bonchev–Trinajstić information content (AvgIpc) is 3.62. The molecule has 0 bridgehead atoms. The first-order chi connectivity index (χ1) is 24.4. The van der Waals surface area contributed by atoms with Gasteiger partial charge in [0.05, 0.1) is 11.4 Å². The van der Waals surface area contributed by atoms with Gasteiger partial charge in [-0.05, 0) is 86.2 Å². The largest absolute Gasteiger partial charge is 2.00 e. The Morgan fingerprint density at radius 3 is 2.48 bits per heavy atom. The summed E-state index contributed by atoms with van der Waals surface area (Å²) < 4.78 is 11.1. The Morgan fingerprint density at radius 2 is 1.75 bits per heavy atom. The van der Waals surface area contributed by atoms with Crippen LogP contribution in [0.3, 0.4) is 0 Å². The van der Waals surface area contributed by atoms with E-state index in [1.54, 1.807) is 0 Å². The van der Waals surface area contributed by atoms with Gasteiger partial charge < -0.3 is 9.30 Å². The van der Waals surface area contributed by atoms with Gasteiger partial charge in [-0.15, -0.1) is 41.3 Å². The second-order valence-electron chi connectivity index (χ2n) is 16.0. The number of pyridine rings is 1. The fraction of sp³-hybridized carbons (Fsp3) is 0.391. The summed E-state index contributed by atoms with van der Waals surface area (Å²) in [6.07, 6.45) is 10.1. The molecule has 0 fully saturated rings. The molecule has 0 N–H and O–H groups in total. The molecule has 3 heterocycles. The summed E-state index contributed by atoms with van der Waals surface area (Å²) in [4.78, 5) is 4.84. The fourth-order valence-electron chi connectivity index (χ4n) is 8.10. The first kappa shape index (κ1) is 37.8. The zero-order valence-electron chi connectivity index (χ0n) is 32.2. The summed E-state index contributed by atoms with van der Waals surface area (Å²) in [5.74, 6) is 3.41. The molecular formula is C46H52N4OPt. The Labute approximate surface area is 324 Å². The summed E-state index contributed by atoms with van der Waals surface area (Å²) in [5.41, 5.74) is 10.5. The van der Waals surface area contributed by atoms with Crippen LogP contribution in [0.4, 0.5) is 0 Å². The predicted molar refractivity (Wildman–Crippen MR) is 211 cm³/mol. The van der Waals surface area contributed by atoms with Crippen molar-refractivity contribution in [1.82, 2.24) is 19.3 Å². The van der Waals surface area contributed by atoms with Gasteiger partial charge in [-0.25, -0.2) is 4.98 Å². The molecule has 52 heavy (non-hydrogen) atoms. The number of para-hydroxylation sites is 1. The van der Waals surface area contributed by atoms with Crippen molar-refractivity contribution in [2.45, 2.75) is 112 Å². The third-order valence-electron chi connectivity index (χ3n) is 10.7. The molecule has 0 amide bonds. The summed E-state index contributed by atoms with van der Waals surface area (Å²) in [6.45, 7) is 20.5. The van der Waals surface area contributed by atoms with Crippen LogP contribution in [0.5, 0.6) is 11.5 Å². The monoisotopic (exact) mass is 871 g/mol. The number of aromatic nitrogens is 4. The van der Waals surface area contributed by atoms with E-state index in [0.717, 1.165) is 59.3 Å². The molecule has 5 nitrogen and oxygen atoms in total. The van der Waals surface area contributed by atoms with E-state index in [9.17, 15) is 0 Å². The molecule has 1 aliphatic rings. The van der Waals surface area contributed by atoms with Crippen LogP contribution < -0.4 is 4.74 Å². The van der Waals surface area contributed by atoms with Crippen LogP contribution in [0.1, 0.15) is 121 Å². The molecule has 0 aliphatic heterocycles. The number of fused-ring (bicyclic) bond motifs is 3. The van der Waals surface area contributed by atoms with Crippen LogP contribution >= 0.6 is 0 Å². The van der Waals surface area contributed by atoms with Crippen molar-refractivity contribution in [3.63, 3.8) is 0 Å². The van der Waals surface area contributed by atoms with E-state index in [0.29, 0.717) is 29.3 Å². The van der Waals surface area contributed by atoms with Crippen LogP contribution in [-0.4, -0.2) is 19.3 Å². The third kappa shape index (κ3) is 7.18. The Kier molecular flexibility index (Phi) is 11.0. The zero-order valence-corrected chi connectivity index (χ0v) is 34.5. The van der Waals surface area contributed by atoms with Crippen molar-refractivity contribution in [3.8, 4) is 23.0 Å². The van der Waals surface area contributed by atoms with E-state index >= 15 is 0 Å². The molecule has 0 spiro atoms. The van der Waals surface area contributed by atoms with Crippen molar-refractivity contribution in [1.29, 1.82) is 0 Å². The van der Waals surface area contributed by atoms with Crippen LogP contribution in [0.25, 0.3) is 33.3 Å². The van der Waals surface area contributed by atoms with E-state index < -0.39 is 0 Å². The minimum absolute atomic E-state index is 0. The van der Waals surface area contributed by atoms with E-state index in [1.807, 2.05) is 12.3 Å². The maximum absolute atomic E-state index is 6.72. The van der Waals surface area contributed by atoms with Crippen LogP contribution in [0.2, 0.25) is 0 Å². The van der Waals surface area contributed by atoms with Crippen LogP contribution in [-0.2, 0) is 32.9 Å². The van der Waals surface area contributed by atoms with Crippen LogP contribution in [0, 0.1) is 25.0 Å². The minimum Gasteiger partial charge on any atom is -0.509 e. The molecule has 0 radical (unpaired) electrons. The molecule has 6 heteroatoms. The molecule has 3 aromatic carbocycles. The van der Waals surface area contributed by atoms with Crippen molar-refractivity contribution in [3.05, 3.63) is 119 Å². The van der Waals surface area contributed by atoms with Gasteiger partial charge in [-0.2, -0.15) is 11.2 Å². The van der Waals surface area contributed by atoms with Gasteiger partial charge in [0.1, 0.15) is 5.82 Å². The van der Waals surface area contributed by atoms with Crippen molar-refractivity contribution < 1.29 is 25.8 Å². The normalized spacial score (nSPS) is 16.4. The molecule has 0 saturated heterocycles. The molecule has 1 unspecified atom stereocenters. The van der Waals surface area contributed by atoms with Gasteiger partial charge in [0.15, 0.2) is 0 Å². The van der Waals surface area contributed by atoms with E-state index in [2.05, 4.69) is 144 Å². The Bertz CT molecular complexity index is 2250. The summed E-state index contributed by atoms with van der Waals surface area (Å²) in [5, 5.41) is 7.55. The van der Waals surface area contributed by atoms with Crippen molar-refractivity contribution in [2.24, 2.45) is 5.92 Å². The van der Waals surface area contributed by atoms with E-state index in [4.69, 9.17) is 14.8 Å². The van der Waals surface area contributed by atoms with E-state index in [1.165, 1.54) is 39.8 Å². The number of rotatable bonds is 9. The molecule has 6 aromatic rings. The fourth-order valence-corrected chi connectivity index (χ4v) is 8.10. The van der Waals surface area contributed by atoms with Gasteiger partial charge in [-0.1, -0.05) is 90.3 Å². The number of ether oxygens (including phenoxy) is 1. The maximum Gasteiger partial charge on any atom is 2.00 e. The third-order valence-corrected chi connectivity index (χ3v) is 10.7. The molecular weight excluding hydrogens is 820 g/mol. The Balaban J connectivity index is 0.00000464. The topological polar surface area (TPSA) is 44.9 Å². The summed E-state index contributed by atoms with van der Waals surface area (Å²) in [7, 11) is 0. The van der Waals surface area contributed by atoms with Gasteiger partial charge in [0.2, 0.25) is 0 Å². The first-order valence-electron chi connectivity index (χ1n) is 18.9. The number of hydrogen-bond acceptors (Lipinski definition) is 3. The number of benzene rings is 3. The molecule has 3 aromatic heterocycles. The Morgan fingerprint density at radius 1 is 0.962 bits per heavy atom. The van der Waals surface area contributed by atoms with E-state index in [-0.39, 0.29) is 26.5 Å². The van der Waals surface area contributed by atoms with Crippen LogP contribution in [0.15, 0.2) is 78.5 Å². The quantitative estimate of drug-likeness (QED) is 0.107.